The van der Waals surface area contributed by atoms with Crippen molar-refractivity contribution in [2.24, 2.45) is 0 Å². The fraction of sp³-hybridized carbons (Fsp3) is 0.385. The number of ether oxygens (including phenoxy) is 1. The number of amides is 1. The Morgan fingerprint density at radius 3 is 2.69 bits per heavy atom. The second-order valence-corrected chi connectivity index (χ2v) is 8.77. The first-order chi connectivity index (χ1) is 15.7. The lowest BCUT2D eigenvalue weighted by Crippen LogP contribution is -2.46. The maximum Gasteiger partial charge on any atom is 0.231 e. The Labute approximate surface area is 188 Å². The monoisotopic (exact) mass is 430 g/mol. The third-order valence-corrected chi connectivity index (χ3v) is 6.92. The average Bonchev–Trinajstić information content (AvgIpc) is 3.36. The van der Waals surface area contributed by atoms with Crippen molar-refractivity contribution < 1.29 is 9.53 Å². The van der Waals surface area contributed by atoms with Crippen molar-refractivity contribution in [1.82, 2.24) is 9.47 Å². The van der Waals surface area contributed by atoms with E-state index in [1.165, 1.54) is 11.8 Å². The predicted octanol–water partition coefficient (Wildman–Crippen LogP) is 4.09. The van der Waals surface area contributed by atoms with Crippen LogP contribution in [0.3, 0.4) is 0 Å². The standard InChI is InChI=1S/C26H30N4O2/c1-32-24-9-4-7-22-20(17-27)18-29(26(22)24)13-5-12-28-14-10-21(11-15-28)30-23-8-3-2-6-19(23)16-25(30)31/h2-4,6-9,17-18,21,27H,5,10-16H2,1H3. The Hall–Kier alpha value is -3.12. The van der Waals surface area contributed by atoms with Gasteiger partial charge in [0, 0.05) is 54.7 Å². The fourth-order valence-corrected chi connectivity index (χ4v) is 5.35. The molecule has 3 heterocycles. The van der Waals surface area contributed by atoms with Crippen LogP contribution < -0.4 is 9.64 Å². The molecule has 1 aromatic heterocycles. The third kappa shape index (κ3) is 3.69. The van der Waals surface area contributed by atoms with E-state index >= 15 is 0 Å². The van der Waals surface area contributed by atoms with Gasteiger partial charge in [-0.1, -0.05) is 30.3 Å². The number of hydrogen-bond acceptors (Lipinski definition) is 4. The van der Waals surface area contributed by atoms with E-state index in [1.807, 2.05) is 24.3 Å². The van der Waals surface area contributed by atoms with E-state index in [2.05, 4.69) is 38.8 Å². The number of fused-ring (bicyclic) bond motifs is 2. The molecule has 1 saturated heterocycles. The zero-order valence-electron chi connectivity index (χ0n) is 18.6. The predicted molar refractivity (Wildman–Crippen MR) is 128 cm³/mol. The van der Waals surface area contributed by atoms with Crippen LogP contribution in [-0.2, 0) is 17.8 Å². The van der Waals surface area contributed by atoms with Crippen LogP contribution in [-0.4, -0.2) is 54.4 Å². The highest BCUT2D eigenvalue weighted by atomic mass is 16.5. The lowest BCUT2D eigenvalue weighted by Gasteiger charge is -2.37. The van der Waals surface area contributed by atoms with Gasteiger partial charge in [0.1, 0.15) is 5.75 Å². The van der Waals surface area contributed by atoms with Crippen LogP contribution >= 0.6 is 0 Å². The number of hydrogen-bond donors (Lipinski definition) is 1. The highest BCUT2D eigenvalue weighted by Gasteiger charge is 2.34. The van der Waals surface area contributed by atoms with E-state index in [-0.39, 0.29) is 5.91 Å². The summed E-state index contributed by atoms with van der Waals surface area (Å²) in [4.78, 5) is 17.2. The molecule has 1 N–H and O–H groups in total. The number of nitrogens with zero attached hydrogens (tertiary/aromatic N) is 3. The van der Waals surface area contributed by atoms with Crippen molar-refractivity contribution in [3.63, 3.8) is 0 Å². The number of carbonyl (C=O) groups excluding carboxylic acids is 1. The fourth-order valence-electron chi connectivity index (χ4n) is 5.35. The SMILES string of the molecule is COc1cccc2c(C=N)cn(CCCN3CCC(N4C(=O)Cc5ccccc54)CC3)c12. The molecule has 0 spiro atoms. The number of carbonyl (C=O) groups is 1. The van der Waals surface area contributed by atoms with Crippen LogP contribution in [0, 0.1) is 5.41 Å². The zero-order valence-corrected chi connectivity index (χ0v) is 18.6. The number of likely N-dealkylation sites (tertiary alicyclic amines) is 1. The van der Waals surface area contributed by atoms with E-state index in [4.69, 9.17) is 10.1 Å². The molecule has 166 valence electrons. The molecule has 0 aliphatic carbocycles. The van der Waals surface area contributed by atoms with Crippen molar-refractivity contribution in [2.75, 3.05) is 31.6 Å². The minimum Gasteiger partial charge on any atom is -0.495 e. The molecule has 2 aliphatic heterocycles. The Morgan fingerprint density at radius 1 is 1.09 bits per heavy atom. The number of rotatable bonds is 7. The zero-order chi connectivity index (χ0) is 22.1. The molecule has 0 unspecified atom stereocenters. The number of piperidine rings is 1. The van der Waals surface area contributed by atoms with Crippen molar-refractivity contribution in [2.45, 2.75) is 38.3 Å². The lowest BCUT2D eigenvalue weighted by atomic mass is 10.0. The lowest BCUT2D eigenvalue weighted by molar-refractivity contribution is -0.118. The Balaban J connectivity index is 1.19. The summed E-state index contributed by atoms with van der Waals surface area (Å²) in [5.41, 5.74) is 4.28. The smallest absolute Gasteiger partial charge is 0.231 e. The van der Waals surface area contributed by atoms with Crippen LogP contribution in [0.25, 0.3) is 10.9 Å². The maximum absolute atomic E-state index is 12.6. The summed E-state index contributed by atoms with van der Waals surface area (Å²) in [7, 11) is 1.70. The van der Waals surface area contributed by atoms with Gasteiger partial charge in [-0.3, -0.25) is 4.79 Å². The summed E-state index contributed by atoms with van der Waals surface area (Å²) in [5, 5.41) is 8.80. The molecule has 0 radical (unpaired) electrons. The van der Waals surface area contributed by atoms with Crippen LogP contribution in [0.4, 0.5) is 5.69 Å². The van der Waals surface area contributed by atoms with Crippen molar-refractivity contribution in [1.29, 1.82) is 5.41 Å². The maximum atomic E-state index is 12.6. The molecule has 0 atom stereocenters. The first-order valence-electron chi connectivity index (χ1n) is 11.5. The summed E-state index contributed by atoms with van der Waals surface area (Å²) in [6, 6.07) is 14.5. The van der Waals surface area contributed by atoms with E-state index < -0.39 is 0 Å². The first-order valence-corrected chi connectivity index (χ1v) is 11.5. The molecule has 0 saturated carbocycles. The molecule has 5 rings (SSSR count). The second-order valence-electron chi connectivity index (χ2n) is 8.77. The van der Waals surface area contributed by atoms with E-state index in [0.717, 1.165) is 73.3 Å². The van der Waals surface area contributed by atoms with E-state index in [9.17, 15) is 4.79 Å². The Kier molecular flexibility index (Phi) is 5.70. The molecular weight excluding hydrogens is 400 g/mol. The van der Waals surface area contributed by atoms with Crippen LogP contribution in [0.15, 0.2) is 48.7 Å². The third-order valence-electron chi connectivity index (χ3n) is 6.92. The quantitative estimate of drug-likeness (QED) is 0.574. The number of para-hydroxylation sites is 2. The Morgan fingerprint density at radius 2 is 1.91 bits per heavy atom. The summed E-state index contributed by atoms with van der Waals surface area (Å²) < 4.78 is 7.80. The van der Waals surface area contributed by atoms with Gasteiger partial charge < -0.3 is 24.5 Å². The highest BCUT2D eigenvalue weighted by molar-refractivity contribution is 6.02. The molecular formula is C26H30N4O2. The molecule has 2 aromatic carbocycles. The Bertz CT molecular complexity index is 1140. The van der Waals surface area contributed by atoms with Gasteiger partial charge in [0.25, 0.3) is 0 Å². The van der Waals surface area contributed by atoms with Gasteiger partial charge in [-0.05, 0) is 43.5 Å². The molecule has 32 heavy (non-hydrogen) atoms. The van der Waals surface area contributed by atoms with E-state index in [1.54, 1.807) is 7.11 Å². The van der Waals surface area contributed by atoms with Crippen LogP contribution in [0.5, 0.6) is 5.75 Å². The van der Waals surface area contributed by atoms with Crippen molar-refractivity contribution >= 4 is 28.7 Å². The summed E-state index contributed by atoms with van der Waals surface area (Å²) in [5.74, 6) is 1.10. The molecule has 2 aliphatic rings. The summed E-state index contributed by atoms with van der Waals surface area (Å²) >= 11 is 0. The van der Waals surface area contributed by atoms with Gasteiger partial charge in [-0.15, -0.1) is 0 Å². The molecule has 3 aromatic rings. The molecule has 6 nitrogen and oxygen atoms in total. The molecule has 1 amide bonds. The molecule has 1 fully saturated rings. The topological polar surface area (TPSA) is 61.6 Å². The summed E-state index contributed by atoms with van der Waals surface area (Å²) in [6.45, 7) is 3.98. The van der Waals surface area contributed by atoms with Crippen molar-refractivity contribution in [3.05, 3.63) is 59.8 Å². The number of aryl methyl sites for hydroxylation is 1. The number of benzene rings is 2. The highest BCUT2D eigenvalue weighted by Crippen LogP contribution is 2.33. The number of anilines is 1. The number of methoxy groups -OCH3 is 1. The van der Waals surface area contributed by atoms with Crippen LogP contribution in [0.2, 0.25) is 0 Å². The molecule has 6 heteroatoms. The second kappa shape index (κ2) is 8.79. The normalized spacial score (nSPS) is 17.2. The van der Waals surface area contributed by atoms with Gasteiger partial charge in [0.15, 0.2) is 0 Å². The van der Waals surface area contributed by atoms with Gasteiger partial charge in [0.2, 0.25) is 5.91 Å². The minimum absolute atomic E-state index is 0.250. The first kappa shape index (κ1) is 20.8. The van der Waals surface area contributed by atoms with Gasteiger partial charge in [-0.25, -0.2) is 0 Å². The molecule has 0 bridgehead atoms. The van der Waals surface area contributed by atoms with Crippen LogP contribution in [0.1, 0.15) is 30.4 Å². The average molecular weight is 431 g/mol. The minimum atomic E-state index is 0.250. The van der Waals surface area contributed by atoms with E-state index in [0.29, 0.717) is 12.5 Å². The largest absolute Gasteiger partial charge is 0.495 e. The van der Waals surface area contributed by atoms with Gasteiger partial charge in [0.05, 0.1) is 19.0 Å². The number of aromatic nitrogens is 1. The van der Waals surface area contributed by atoms with Crippen molar-refractivity contribution in [3.8, 4) is 5.75 Å². The number of nitrogens with one attached hydrogen (secondary N) is 1. The van der Waals surface area contributed by atoms with Gasteiger partial charge in [-0.2, -0.15) is 0 Å². The summed E-state index contributed by atoms with van der Waals surface area (Å²) in [6.07, 6.45) is 7.11. The van der Waals surface area contributed by atoms with Gasteiger partial charge >= 0.3 is 0 Å².